The Morgan fingerprint density at radius 3 is 2.50 bits per heavy atom. The van der Waals surface area contributed by atoms with E-state index in [9.17, 15) is 9.90 Å². The summed E-state index contributed by atoms with van der Waals surface area (Å²) in [6.45, 7) is 8.55. The highest BCUT2D eigenvalue weighted by molar-refractivity contribution is 5.68. The summed E-state index contributed by atoms with van der Waals surface area (Å²) in [7, 11) is 0. The summed E-state index contributed by atoms with van der Waals surface area (Å²) < 4.78 is 5.09. The molecule has 18 heavy (non-hydrogen) atoms. The molecule has 0 aliphatic rings. The Labute approximate surface area is 107 Å². The number of nitrogens with zero attached hydrogens (tertiary/aromatic N) is 3. The van der Waals surface area contributed by atoms with Crippen LogP contribution in [0.15, 0.2) is 5.11 Å². The first-order chi connectivity index (χ1) is 8.14. The zero-order valence-corrected chi connectivity index (χ0v) is 11.6. The van der Waals surface area contributed by atoms with E-state index in [0.29, 0.717) is 6.42 Å². The van der Waals surface area contributed by atoms with E-state index in [1.165, 1.54) is 0 Å². The topological polar surface area (TPSA) is 107 Å². The molecule has 0 aliphatic heterocycles. The van der Waals surface area contributed by atoms with Crippen LogP contribution in [0, 0.1) is 0 Å². The first-order valence-electron chi connectivity index (χ1n) is 5.87. The molecule has 0 bridgehead atoms. The second-order valence-corrected chi connectivity index (χ2v) is 5.21. The minimum absolute atomic E-state index is 0.100. The highest BCUT2D eigenvalue weighted by Gasteiger charge is 2.33. The second-order valence-electron chi connectivity index (χ2n) is 5.21. The van der Waals surface area contributed by atoms with E-state index in [0.717, 1.165) is 0 Å². The standard InChI is InChI=1S/C11H22N4O3/c1-6-11(17,7-13-15-12)8(2)14-9(16)18-10(3,4)5/h8,17H,6-7H2,1-5H3,(H,14,16)/t8-,11-/m1/s1. The summed E-state index contributed by atoms with van der Waals surface area (Å²) >= 11 is 0. The largest absolute Gasteiger partial charge is 0.444 e. The van der Waals surface area contributed by atoms with E-state index >= 15 is 0 Å². The number of azide groups is 1. The van der Waals surface area contributed by atoms with Crippen molar-refractivity contribution in [1.82, 2.24) is 5.32 Å². The molecule has 0 spiro atoms. The number of alkyl carbamates (subject to hydrolysis) is 1. The van der Waals surface area contributed by atoms with Crippen LogP contribution in [0.3, 0.4) is 0 Å². The average molecular weight is 258 g/mol. The molecule has 0 saturated heterocycles. The fraction of sp³-hybridized carbons (Fsp3) is 0.909. The van der Waals surface area contributed by atoms with Crippen LogP contribution in [0.2, 0.25) is 0 Å². The molecule has 0 unspecified atom stereocenters. The first kappa shape index (κ1) is 16.5. The molecule has 0 rings (SSSR count). The molecule has 104 valence electrons. The smallest absolute Gasteiger partial charge is 0.407 e. The second kappa shape index (κ2) is 6.47. The molecular weight excluding hydrogens is 236 g/mol. The molecule has 7 nitrogen and oxygen atoms in total. The number of nitrogens with one attached hydrogen (secondary N) is 1. The maximum absolute atomic E-state index is 11.6. The summed E-state index contributed by atoms with van der Waals surface area (Å²) in [5.74, 6) is 0. The van der Waals surface area contributed by atoms with E-state index in [-0.39, 0.29) is 6.54 Å². The van der Waals surface area contributed by atoms with E-state index < -0.39 is 23.3 Å². The molecule has 0 radical (unpaired) electrons. The van der Waals surface area contributed by atoms with Crippen molar-refractivity contribution in [1.29, 1.82) is 0 Å². The van der Waals surface area contributed by atoms with Crippen molar-refractivity contribution in [2.45, 2.75) is 58.3 Å². The van der Waals surface area contributed by atoms with Crippen LogP contribution >= 0.6 is 0 Å². The van der Waals surface area contributed by atoms with Crippen molar-refractivity contribution in [2.24, 2.45) is 5.11 Å². The van der Waals surface area contributed by atoms with Crippen LogP contribution in [-0.2, 0) is 4.74 Å². The van der Waals surface area contributed by atoms with Gasteiger partial charge in [0.2, 0.25) is 0 Å². The summed E-state index contributed by atoms with van der Waals surface area (Å²) in [5, 5.41) is 16.1. The summed E-state index contributed by atoms with van der Waals surface area (Å²) in [5.41, 5.74) is 6.40. The van der Waals surface area contributed by atoms with Gasteiger partial charge in [0.05, 0.1) is 18.2 Å². The maximum atomic E-state index is 11.6. The number of ether oxygens (including phenoxy) is 1. The molecular formula is C11H22N4O3. The summed E-state index contributed by atoms with van der Waals surface area (Å²) in [6, 6.07) is -0.581. The zero-order chi connectivity index (χ0) is 14.4. The van der Waals surface area contributed by atoms with Crippen LogP contribution < -0.4 is 5.32 Å². The lowest BCUT2D eigenvalue weighted by Crippen LogP contribution is -2.53. The lowest BCUT2D eigenvalue weighted by atomic mass is 9.93. The van der Waals surface area contributed by atoms with Crippen molar-refractivity contribution < 1.29 is 14.6 Å². The molecule has 0 saturated carbocycles. The zero-order valence-electron chi connectivity index (χ0n) is 11.6. The average Bonchev–Trinajstić information content (AvgIpc) is 2.22. The normalized spacial score (nSPS) is 16.1. The predicted molar refractivity (Wildman–Crippen MR) is 68.1 cm³/mol. The van der Waals surface area contributed by atoms with Crippen LogP contribution in [-0.4, -0.2) is 35.0 Å². The molecule has 2 atom stereocenters. The van der Waals surface area contributed by atoms with Crippen LogP contribution in [0.25, 0.3) is 10.4 Å². The fourth-order valence-corrected chi connectivity index (χ4v) is 1.33. The lowest BCUT2D eigenvalue weighted by Gasteiger charge is -2.33. The van der Waals surface area contributed by atoms with Crippen LogP contribution in [0.4, 0.5) is 4.79 Å². The quantitative estimate of drug-likeness (QED) is 0.449. The number of aliphatic hydroxyl groups is 1. The first-order valence-corrected chi connectivity index (χ1v) is 5.87. The van der Waals surface area contributed by atoms with Crippen LogP contribution in [0.5, 0.6) is 0 Å². The number of hydrogen-bond donors (Lipinski definition) is 2. The van der Waals surface area contributed by atoms with Gasteiger partial charge in [-0.05, 0) is 39.6 Å². The third-order valence-electron chi connectivity index (χ3n) is 2.56. The van der Waals surface area contributed by atoms with Gasteiger partial charge in [0.1, 0.15) is 5.60 Å². The fourth-order valence-electron chi connectivity index (χ4n) is 1.33. The van der Waals surface area contributed by atoms with E-state index in [1.54, 1.807) is 34.6 Å². The molecule has 0 aromatic heterocycles. The predicted octanol–water partition coefficient (Wildman–Crippen LogP) is 2.35. The van der Waals surface area contributed by atoms with Crippen molar-refractivity contribution in [3.8, 4) is 0 Å². The minimum Gasteiger partial charge on any atom is -0.444 e. The third-order valence-corrected chi connectivity index (χ3v) is 2.56. The Kier molecular flexibility index (Phi) is 5.94. The van der Waals surface area contributed by atoms with Crippen molar-refractivity contribution in [3.63, 3.8) is 0 Å². The van der Waals surface area contributed by atoms with Crippen molar-refractivity contribution in [3.05, 3.63) is 10.4 Å². The van der Waals surface area contributed by atoms with Crippen molar-refractivity contribution in [2.75, 3.05) is 6.54 Å². The highest BCUT2D eigenvalue weighted by atomic mass is 16.6. The summed E-state index contributed by atoms with van der Waals surface area (Å²) in [4.78, 5) is 14.2. The molecule has 0 fully saturated rings. The Morgan fingerprint density at radius 2 is 2.11 bits per heavy atom. The van der Waals surface area contributed by atoms with Gasteiger partial charge >= 0.3 is 6.09 Å². The van der Waals surface area contributed by atoms with Gasteiger partial charge in [-0.3, -0.25) is 0 Å². The SMILES string of the molecule is CC[C@@](O)(CN=[N+]=[N-])[C@@H](C)NC(=O)OC(C)(C)C. The number of amides is 1. The van der Waals surface area contributed by atoms with E-state index in [1.807, 2.05) is 0 Å². The number of carbonyl (C=O) groups excluding carboxylic acids is 1. The van der Waals surface area contributed by atoms with Gasteiger partial charge in [0.15, 0.2) is 0 Å². The van der Waals surface area contributed by atoms with Gasteiger partial charge in [-0.1, -0.05) is 12.0 Å². The van der Waals surface area contributed by atoms with Crippen LogP contribution in [0.1, 0.15) is 41.0 Å². The third kappa shape index (κ3) is 5.75. The Balaban J connectivity index is 4.57. The molecule has 0 aliphatic carbocycles. The Bertz CT molecular complexity index is 334. The molecule has 7 heteroatoms. The Hall–Kier alpha value is -1.46. The number of carbonyl (C=O) groups is 1. The molecule has 0 aromatic carbocycles. The van der Waals surface area contributed by atoms with E-state index in [2.05, 4.69) is 15.3 Å². The van der Waals surface area contributed by atoms with Gasteiger partial charge in [0.25, 0.3) is 0 Å². The van der Waals surface area contributed by atoms with Gasteiger partial charge < -0.3 is 15.2 Å². The monoisotopic (exact) mass is 258 g/mol. The van der Waals surface area contributed by atoms with Crippen molar-refractivity contribution >= 4 is 6.09 Å². The molecule has 0 aromatic rings. The van der Waals surface area contributed by atoms with Gasteiger partial charge in [-0.15, -0.1) is 0 Å². The lowest BCUT2D eigenvalue weighted by molar-refractivity contribution is 0.00142. The van der Waals surface area contributed by atoms with Gasteiger partial charge in [-0.25, -0.2) is 4.79 Å². The summed E-state index contributed by atoms with van der Waals surface area (Å²) in [6.07, 6.45) is -0.258. The number of hydrogen-bond acceptors (Lipinski definition) is 4. The Morgan fingerprint density at radius 1 is 1.56 bits per heavy atom. The van der Waals surface area contributed by atoms with E-state index in [4.69, 9.17) is 10.3 Å². The molecule has 1 amide bonds. The molecule has 2 N–H and O–H groups in total. The maximum Gasteiger partial charge on any atom is 0.407 e. The highest BCUT2D eigenvalue weighted by Crippen LogP contribution is 2.17. The number of rotatable bonds is 5. The van der Waals surface area contributed by atoms with Gasteiger partial charge in [0, 0.05) is 4.91 Å². The minimum atomic E-state index is -1.27. The molecule has 0 heterocycles. The van der Waals surface area contributed by atoms with Gasteiger partial charge in [-0.2, -0.15) is 0 Å².